The van der Waals surface area contributed by atoms with Gasteiger partial charge in [-0.05, 0) is 46.9 Å². The molecule has 1 N–H and O–H groups in total. The lowest BCUT2D eigenvalue weighted by atomic mass is 9.90. The van der Waals surface area contributed by atoms with Crippen molar-refractivity contribution in [2.45, 2.75) is 11.8 Å². The third-order valence-electron chi connectivity index (χ3n) is 4.24. The molecular formula is C22H21NOS. The van der Waals surface area contributed by atoms with E-state index < -0.39 is 9.73 Å². The normalized spacial score (nSPS) is 13.0. The lowest BCUT2D eigenvalue weighted by Gasteiger charge is -2.14. The molecule has 0 aliphatic carbocycles. The highest BCUT2D eigenvalue weighted by molar-refractivity contribution is 7.91. The van der Waals surface area contributed by atoms with Crippen molar-refractivity contribution in [1.82, 2.24) is 0 Å². The molecule has 0 amide bonds. The summed E-state index contributed by atoms with van der Waals surface area (Å²) in [6, 6.07) is 28.2. The molecule has 2 nitrogen and oxygen atoms in total. The summed E-state index contributed by atoms with van der Waals surface area (Å²) in [6.07, 6.45) is 1.45. The Balaban J connectivity index is 2.17. The Hall–Kier alpha value is -2.65. The lowest BCUT2D eigenvalue weighted by Crippen LogP contribution is -1.96. The average molecular weight is 347 g/mol. The summed E-state index contributed by atoms with van der Waals surface area (Å²) in [5.74, 6) is 0. The Bertz CT molecular complexity index is 945. The van der Waals surface area contributed by atoms with Gasteiger partial charge in [-0.3, -0.25) is 0 Å². The minimum atomic E-state index is -2.69. The molecule has 3 rings (SSSR count). The predicted octanol–water partition coefficient (Wildman–Crippen LogP) is 5.70. The van der Waals surface area contributed by atoms with Gasteiger partial charge in [0.15, 0.2) is 0 Å². The first-order valence-corrected chi connectivity index (χ1v) is 10.1. The van der Waals surface area contributed by atoms with Crippen LogP contribution in [0.15, 0.2) is 89.8 Å². The SMILES string of the molecule is CC(=C(c1ccccc1)c1ccccc1)c1ccc(S(C)(=N)=O)cc1. The molecule has 0 fully saturated rings. The molecule has 0 aromatic heterocycles. The molecule has 0 aliphatic rings. The summed E-state index contributed by atoms with van der Waals surface area (Å²) in [5, 5.41) is 0. The van der Waals surface area contributed by atoms with Crippen molar-refractivity contribution in [2.24, 2.45) is 0 Å². The smallest absolute Gasteiger partial charge is 0.0696 e. The Morgan fingerprint density at radius 1 is 0.720 bits per heavy atom. The molecule has 1 atom stereocenters. The highest BCUT2D eigenvalue weighted by Crippen LogP contribution is 2.32. The molecule has 0 aliphatic heterocycles. The minimum Gasteiger partial charge on any atom is -0.249 e. The van der Waals surface area contributed by atoms with Crippen LogP contribution in [0.1, 0.15) is 23.6 Å². The molecule has 126 valence electrons. The van der Waals surface area contributed by atoms with Gasteiger partial charge in [-0.2, -0.15) is 0 Å². The van der Waals surface area contributed by atoms with Crippen molar-refractivity contribution < 1.29 is 4.21 Å². The molecule has 0 bridgehead atoms. The fourth-order valence-electron chi connectivity index (χ4n) is 2.92. The minimum absolute atomic E-state index is 0.560. The maximum absolute atomic E-state index is 11.9. The van der Waals surface area contributed by atoms with E-state index >= 15 is 0 Å². The second-order valence-corrected chi connectivity index (χ2v) is 8.26. The van der Waals surface area contributed by atoms with Gasteiger partial charge in [0, 0.05) is 11.2 Å². The van der Waals surface area contributed by atoms with Crippen molar-refractivity contribution in [3.05, 3.63) is 102 Å². The molecule has 3 aromatic rings. The summed E-state index contributed by atoms with van der Waals surface area (Å²) in [5.41, 5.74) is 5.72. The molecule has 0 radical (unpaired) electrons. The Kier molecular flexibility index (Phi) is 4.86. The van der Waals surface area contributed by atoms with Gasteiger partial charge in [-0.1, -0.05) is 72.8 Å². The van der Waals surface area contributed by atoms with E-state index in [9.17, 15) is 4.21 Å². The molecule has 3 heteroatoms. The highest BCUT2D eigenvalue weighted by Gasteiger charge is 2.11. The number of benzene rings is 3. The van der Waals surface area contributed by atoms with Crippen molar-refractivity contribution in [3.8, 4) is 0 Å². The number of hydrogen-bond donors (Lipinski definition) is 1. The van der Waals surface area contributed by atoms with Crippen LogP contribution in [0.3, 0.4) is 0 Å². The monoisotopic (exact) mass is 347 g/mol. The molecule has 0 spiro atoms. The van der Waals surface area contributed by atoms with Crippen molar-refractivity contribution in [2.75, 3.05) is 6.26 Å². The van der Waals surface area contributed by atoms with Gasteiger partial charge >= 0.3 is 0 Å². The number of nitrogens with one attached hydrogen (secondary N) is 1. The average Bonchev–Trinajstić information content (AvgIpc) is 2.63. The van der Waals surface area contributed by atoms with Crippen LogP contribution < -0.4 is 0 Å². The van der Waals surface area contributed by atoms with Crippen LogP contribution in [0.5, 0.6) is 0 Å². The Morgan fingerprint density at radius 2 is 1.16 bits per heavy atom. The van der Waals surface area contributed by atoms with Crippen molar-refractivity contribution >= 4 is 20.9 Å². The zero-order valence-electron chi connectivity index (χ0n) is 14.4. The summed E-state index contributed by atoms with van der Waals surface area (Å²) < 4.78 is 19.6. The molecule has 0 saturated heterocycles. The van der Waals surface area contributed by atoms with Crippen molar-refractivity contribution in [3.63, 3.8) is 0 Å². The van der Waals surface area contributed by atoms with Gasteiger partial charge in [-0.15, -0.1) is 0 Å². The fourth-order valence-corrected chi connectivity index (χ4v) is 3.57. The third kappa shape index (κ3) is 3.89. The summed E-state index contributed by atoms with van der Waals surface area (Å²) in [7, 11) is -2.69. The third-order valence-corrected chi connectivity index (χ3v) is 5.41. The van der Waals surface area contributed by atoms with E-state index in [0.29, 0.717) is 4.90 Å². The van der Waals surface area contributed by atoms with Crippen LogP contribution in [0, 0.1) is 4.78 Å². The van der Waals surface area contributed by atoms with Crippen LogP contribution in [-0.4, -0.2) is 10.5 Å². The Labute approximate surface area is 149 Å². The number of rotatable bonds is 4. The first kappa shape index (κ1) is 17.2. The van der Waals surface area contributed by atoms with Crippen LogP contribution in [0.2, 0.25) is 0 Å². The first-order valence-electron chi connectivity index (χ1n) is 8.13. The van der Waals surface area contributed by atoms with Crippen LogP contribution in [-0.2, 0) is 9.73 Å². The topological polar surface area (TPSA) is 40.9 Å². The molecule has 0 saturated carbocycles. The van der Waals surface area contributed by atoms with E-state index in [1.54, 1.807) is 12.1 Å². The van der Waals surface area contributed by atoms with Crippen molar-refractivity contribution in [1.29, 1.82) is 4.78 Å². The number of hydrogen-bond acceptors (Lipinski definition) is 2. The van der Waals surface area contributed by atoms with E-state index in [0.717, 1.165) is 22.3 Å². The maximum atomic E-state index is 11.9. The second-order valence-electron chi connectivity index (χ2n) is 6.10. The van der Waals surface area contributed by atoms with Gasteiger partial charge in [0.25, 0.3) is 0 Å². The summed E-state index contributed by atoms with van der Waals surface area (Å²) in [6.45, 7) is 2.11. The van der Waals surface area contributed by atoms with E-state index in [1.165, 1.54) is 11.8 Å². The summed E-state index contributed by atoms with van der Waals surface area (Å²) >= 11 is 0. The predicted molar refractivity (Wildman–Crippen MR) is 106 cm³/mol. The molecule has 25 heavy (non-hydrogen) atoms. The van der Waals surface area contributed by atoms with Crippen LogP contribution in [0.4, 0.5) is 0 Å². The van der Waals surface area contributed by atoms with Crippen LogP contribution in [0.25, 0.3) is 11.1 Å². The molecule has 3 aromatic carbocycles. The van der Waals surface area contributed by atoms with E-state index in [2.05, 4.69) is 31.2 Å². The van der Waals surface area contributed by atoms with E-state index in [4.69, 9.17) is 4.78 Å². The largest absolute Gasteiger partial charge is 0.249 e. The van der Waals surface area contributed by atoms with E-state index in [-0.39, 0.29) is 0 Å². The molecule has 0 heterocycles. The first-order chi connectivity index (χ1) is 12.0. The Morgan fingerprint density at radius 3 is 1.56 bits per heavy atom. The standard InChI is InChI=1S/C22H21NOS/c1-17(18-13-15-21(16-14-18)25(2,23)24)22(19-9-5-3-6-10-19)20-11-7-4-8-12-20/h3-16,23H,1-2H3. The number of allylic oxidation sites excluding steroid dienone is 1. The molecule has 1 unspecified atom stereocenters. The summed E-state index contributed by atoms with van der Waals surface area (Å²) in [4.78, 5) is 0.560. The molecular weight excluding hydrogens is 326 g/mol. The maximum Gasteiger partial charge on any atom is 0.0696 e. The van der Waals surface area contributed by atoms with Gasteiger partial charge in [0.05, 0.1) is 9.73 Å². The zero-order chi connectivity index (χ0) is 17.9. The second kappa shape index (κ2) is 7.08. The zero-order valence-corrected chi connectivity index (χ0v) is 15.2. The lowest BCUT2D eigenvalue weighted by molar-refractivity contribution is 0.679. The van der Waals surface area contributed by atoms with E-state index in [1.807, 2.05) is 48.5 Å². The van der Waals surface area contributed by atoms with Gasteiger partial charge in [-0.25, -0.2) is 8.99 Å². The quantitative estimate of drug-likeness (QED) is 0.604. The van der Waals surface area contributed by atoms with Gasteiger partial charge < -0.3 is 0 Å². The van der Waals surface area contributed by atoms with Gasteiger partial charge in [0.1, 0.15) is 0 Å². The van der Waals surface area contributed by atoms with Crippen LogP contribution >= 0.6 is 0 Å². The van der Waals surface area contributed by atoms with Gasteiger partial charge in [0.2, 0.25) is 0 Å². The fraction of sp³-hybridized carbons (Fsp3) is 0.0909. The highest BCUT2D eigenvalue weighted by atomic mass is 32.2.